The number of benzene rings is 4. The third-order valence-corrected chi connectivity index (χ3v) is 5.01. The summed E-state index contributed by atoms with van der Waals surface area (Å²) in [6, 6.07) is 23.0. The molecule has 2 nitrogen and oxygen atoms in total. The number of rotatable bonds is 0. The van der Waals surface area contributed by atoms with Gasteiger partial charge in [0.1, 0.15) is 11.5 Å². The Balaban J connectivity index is 1.99. The van der Waals surface area contributed by atoms with Crippen molar-refractivity contribution in [1.82, 2.24) is 0 Å². The van der Waals surface area contributed by atoms with Crippen LogP contribution < -0.4 is 9.47 Å². The van der Waals surface area contributed by atoms with Gasteiger partial charge in [-0.3, -0.25) is 0 Å². The average molecular weight is 377 g/mol. The summed E-state index contributed by atoms with van der Waals surface area (Å²) in [6.45, 7) is 0.223. The van der Waals surface area contributed by atoms with Crippen LogP contribution in [0.3, 0.4) is 0 Å². The summed E-state index contributed by atoms with van der Waals surface area (Å²) in [5.41, 5.74) is 2.21. The Kier molecular flexibility index (Phi) is 3.03. The second-order valence-corrected chi connectivity index (χ2v) is 6.79. The molecule has 24 heavy (non-hydrogen) atoms. The van der Waals surface area contributed by atoms with E-state index in [9.17, 15) is 0 Å². The lowest BCUT2D eigenvalue weighted by molar-refractivity contribution is 0.125. The van der Waals surface area contributed by atoms with Crippen LogP contribution in [-0.4, -0.2) is 6.79 Å². The van der Waals surface area contributed by atoms with Gasteiger partial charge in [0.05, 0.1) is 0 Å². The molecule has 5 rings (SSSR count). The van der Waals surface area contributed by atoms with Crippen molar-refractivity contribution in [3.63, 3.8) is 0 Å². The van der Waals surface area contributed by atoms with Gasteiger partial charge in [0.15, 0.2) is 0 Å². The van der Waals surface area contributed by atoms with E-state index in [1.54, 1.807) is 0 Å². The molecule has 4 aromatic carbocycles. The third kappa shape index (κ3) is 2.01. The second kappa shape index (κ2) is 5.25. The maximum atomic E-state index is 5.88. The lowest BCUT2D eigenvalue weighted by Gasteiger charge is -2.13. The van der Waals surface area contributed by atoms with Crippen LogP contribution in [0.4, 0.5) is 0 Å². The minimum atomic E-state index is 0.223. The zero-order valence-corrected chi connectivity index (χ0v) is 14.3. The Bertz CT molecular complexity index is 1100. The molecule has 0 radical (unpaired) electrons. The van der Waals surface area contributed by atoms with Gasteiger partial charge in [-0.25, -0.2) is 0 Å². The van der Waals surface area contributed by atoms with Gasteiger partial charge in [0, 0.05) is 15.6 Å². The maximum absolute atomic E-state index is 5.88. The molecule has 0 N–H and O–H groups in total. The summed E-state index contributed by atoms with van der Waals surface area (Å²) in [5.74, 6) is 1.72. The van der Waals surface area contributed by atoms with E-state index < -0.39 is 0 Å². The zero-order chi connectivity index (χ0) is 16.1. The first kappa shape index (κ1) is 13.9. The van der Waals surface area contributed by atoms with Gasteiger partial charge >= 0.3 is 0 Å². The van der Waals surface area contributed by atoms with E-state index in [4.69, 9.17) is 9.47 Å². The van der Waals surface area contributed by atoms with Gasteiger partial charge in [-0.15, -0.1) is 0 Å². The van der Waals surface area contributed by atoms with Crippen LogP contribution in [0.2, 0.25) is 0 Å². The number of ether oxygens (including phenoxy) is 2. The molecule has 0 atom stereocenters. The molecular weight excluding hydrogens is 364 g/mol. The maximum Gasteiger partial charge on any atom is 0.230 e. The van der Waals surface area contributed by atoms with Crippen molar-refractivity contribution in [3.05, 3.63) is 71.2 Å². The molecule has 0 aliphatic carbocycles. The molecule has 3 heteroatoms. The van der Waals surface area contributed by atoms with Crippen molar-refractivity contribution in [2.45, 2.75) is 0 Å². The van der Waals surface area contributed by atoms with Crippen LogP contribution in [0.15, 0.2) is 71.2 Å². The summed E-state index contributed by atoms with van der Waals surface area (Å²) < 4.78 is 12.8. The Morgan fingerprint density at radius 1 is 0.667 bits per heavy atom. The van der Waals surface area contributed by atoms with Crippen molar-refractivity contribution in [1.29, 1.82) is 0 Å². The van der Waals surface area contributed by atoms with Crippen LogP contribution in [0.25, 0.3) is 32.7 Å². The first-order valence-electron chi connectivity index (χ1n) is 7.81. The Labute approximate surface area is 147 Å². The normalized spacial score (nSPS) is 12.9. The lowest BCUT2D eigenvalue weighted by atomic mass is 9.92. The molecule has 0 bridgehead atoms. The monoisotopic (exact) mass is 376 g/mol. The largest absolute Gasteiger partial charge is 0.457 e. The molecule has 0 saturated heterocycles. The molecular formula is C21H13BrO2. The van der Waals surface area contributed by atoms with Gasteiger partial charge in [-0.2, -0.15) is 0 Å². The van der Waals surface area contributed by atoms with E-state index >= 15 is 0 Å². The van der Waals surface area contributed by atoms with Crippen molar-refractivity contribution in [2.75, 3.05) is 6.79 Å². The minimum absolute atomic E-state index is 0.223. The molecule has 116 valence electrons. The average Bonchev–Trinajstić information content (AvgIpc) is 2.81. The summed E-state index contributed by atoms with van der Waals surface area (Å²) >= 11 is 3.56. The summed E-state index contributed by atoms with van der Waals surface area (Å²) in [5, 5.41) is 4.71. The molecule has 0 spiro atoms. The topological polar surface area (TPSA) is 18.5 Å². The number of hydrogen-bond acceptors (Lipinski definition) is 2. The molecule has 1 heterocycles. The predicted molar refractivity (Wildman–Crippen MR) is 101 cm³/mol. The molecule has 0 fully saturated rings. The van der Waals surface area contributed by atoms with Crippen molar-refractivity contribution in [3.8, 4) is 22.6 Å². The molecule has 1 aliphatic heterocycles. The Hall–Kier alpha value is -2.52. The van der Waals surface area contributed by atoms with Crippen molar-refractivity contribution >= 4 is 37.5 Å². The van der Waals surface area contributed by atoms with Gasteiger partial charge in [0.25, 0.3) is 0 Å². The highest BCUT2D eigenvalue weighted by atomic mass is 79.9. The van der Waals surface area contributed by atoms with Gasteiger partial charge in [-0.1, -0.05) is 58.4 Å². The molecule has 0 unspecified atom stereocenters. The van der Waals surface area contributed by atoms with Crippen LogP contribution in [0, 0.1) is 0 Å². The Morgan fingerprint density at radius 3 is 2.12 bits per heavy atom. The summed E-state index contributed by atoms with van der Waals surface area (Å²) in [6.07, 6.45) is 0. The molecule has 0 aromatic heterocycles. The third-order valence-electron chi connectivity index (χ3n) is 4.51. The zero-order valence-electron chi connectivity index (χ0n) is 12.8. The van der Waals surface area contributed by atoms with Crippen molar-refractivity contribution in [2.24, 2.45) is 0 Å². The molecule has 1 aliphatic rings. The lowest BCUT2D eigenvalue weighted by Crippen LogP contribution is -2.03. The number of halogens is 1. The van der Waals surface area contributed by atoms with E-state index in [-0.39, 0.29) is 6.79 Å². The van der Waals surface area contributed by atoms with Crippen LogP contribution in [-0.2, 0) is 0 Å². The van der Waals surface area contributed by atoms with Crippen molar-refractivity contribution < 1.29 is 9.47 Å². The molecule has 4 aromatic rings. The quantitative estimate of drug-likeness (QED) is 0.366. The summed E-state index contributed by atoms with van der Waals surface area (Å²) in [7, 11) is 0. The van der Waals surface area contributed by atoms with Gasteiger partial charge < -0.3 is 9.47 Å². The minimum Gasteiger partial charge on any atom is -0.457 e. The molecule has 0 saturated carbocycles. The van der Waals surface area contributed by atoms with E-state index in [0.717, 1.165) is 27.1 Å². The number of hydrogen-bond donors (Lipinski definition) is 0. The van der Waals surface area contributed by atoms with E-state index in [2.05, 4.69) is 70.5 Å². The fourth-order valence-electron chi connectivity index (χ4n) is 3.44. The highest BCUT2D eigenvalue weighted by Crippen LogP contribution is 2.47. The van der Waals surface area contributed by atoms with Crippen LogP contribution in [0.5, 0.6) is 11.5 Å². The molecule has 0 amide bonds. The van der Waals surface area contributed by atoms with Crippen LogP contribution >= 0.6 is 15.9 Å². The summed E-state index contributed by atoms with van der Waals surface area (Å²) in [4.78, 5) is 0. The SMILES string of the molecule is Brc1ccc2c3c(ccc2c1)OCOc1ccc2ccccc2c1-3. The first-order chi connectivity index (χ1) is 11.8. The van der Waals surface area contributed by atoms with E-state index in [0.29, 0.717) is 0 Å². The van der Waals surface area contributed by atoms with Gasteiger partial charge in [-0.05, 0) is 45.8 Å². The smallest absolute Gasteiger partial charge is 0.230 e. The van der Waals surface area contributed by atoms with E-state index in [1.807, 2.05) is 12.1 Å². The second-order valence-electron chi connectivity index (χ2n) is 5.87. The standard InChI is InChI=1S/C21H13BrO2/c22-15-7-8-17-14(11-15)6-10-19-21(17)20-16-4-2-1-3-13(16)5-9-18(20)23-12-24-19/h1-11H,12H2. The highest BCUT2D eigenvalue weighted by Gasteiger charge is 2.21. The first-order valence-corrected chi connectivity index (χ1v) is 8.60. The number of fused-ring (bicyclic) bond motifs is 7. The van der Waals surface area contributed by atoms with Gasteiger partial charge in [0.2, 0.25) is 6.79 Å². The van der Waals surface area contributed by atoms with Crippen LogP contribution in [0.1, 0.15) is 0 Å². The Morgan fingerprint density at radius 2 is 1.33 bits per heavy atom. The highest BCUT2D eigenvalue weighted by molar-refractivity contribution is 9.10. The fraction of sp³-hybridized carbons (Fsp3) is 0.0476. The predicted octanol–water partition coefficient (Wildman–Crippen LogP) is 6.15. The van der Waals surface area contributed by atoms with E-state index in [1.165, 1.54) is 21.5 Å². The fourth-order valence-corrected chi connectivity index (χ4v) is 3.82.